The highest BCUT2D eigenvalue weighted by molar-refractivity contribution is 7.86. The van der Waals surface area contributed by atoms with Gasteiger partial charge in [0, 0.05) is 16.6 Å². The molecular formula is C17H16N2O5S. The first kappa shape index (κ1) is 18.2. The van der Waals surface area contributed by atoms with Gasteiger partial charge in [-0.05, 0) is 53.9 Å². The molecule has 0 heterocycles. The lowest BCUT2D eigenvalue weighted by Crippen LogP contribution is -2.10. The minimum atomic E-state index is -4.22. The molecule has 0 saturated carbocycles. The summed E-state index contributed by atoms with van der Waals surface area (Å²) in [6.45, 7) is 0. The van der Waals surface area contributed by atoms with Gasteiger partial charge in [0.1, 0.15) is 10.6 Å². The molecule has 0 aliphatic rings. The molecule has 130 valence electrons. The fourth-order valence-corrected chi connectivity index (χ4v) is 2.83. The van der Waals surface area contributed by atoms with Gasteiger partial charge in [-0.3, -0.25) is 9.35 Å². The van der Waals surface area contributed by atoms with E-state index in [0.717, 1.165) is 0 Å². The van der Waals surface area contributed by atoms with Crippen LogP contribution in [0.1, 0.15) is 10.4 Å². The van der Waals surface area contributed by atoms with Crippen LogP contribution in [0.5, 0.6) is 5.75 Å². The fraction of sp³-hybridized carbons (Fsp3) is 0. The number of anilines is 1. The van der Waals surface area contributed by atoms with E-state index in [1.54, 1.807) is 30.3 Å². The number of fused-ring (bicyclic) bond motifs is 1. The lowest BCUT2D eigenvalue weighted by atomic mass is 10.1. The Balaban J connectivity index is 0.000000196. The first-order chi connectivity index (χ1) is 11.7. The van der Waals surface area contributed by atoms with E-state index in [9.17, 15) is 18.3 Å². The van der Waals surface area contributed by atoms with Crippen molar-refractivity contribution < 1.29 is 22.9 Å². The van der Waals surface area contributed by atoms with E-state index in [1.807, 2.05) is 0 Å². The highest BCUT2D eigenvalue weighted by Crippen LogP contribution is 2.25. The Morgan fingerprint density at radius 3 is 2.16 bits per heavy atom. The highest BCUT2D eigenvalue weighted by atomic mass is 32.2. The van der Waals surface area contributed by atoms with Crippen molar-refractivity contribution in [2.24, 2.45) is 5.73 Å². The van der Waals surface area contributed by atoms with Crippen LogP contribution in [-0.2, 0) is 10.1 Å². The second kappa shape index (κ2) is 7.20. The van der Waals surface area contributed by atoms with Crippen LogP contribution < -0.4 is 11.5 Å². The quantitative estimate of drug-likeness (QED) is 0.407. The van der Waals surface area contributed by atoms with Crippen LogP contribution in [0, 0.1) is 0 Å². The predicted molar refractivity (Wildman–Crippen MR) is 94.8 cm³/mol. The summed E-state index contributed by atoms with van der Waals surface area (Å²) in [4.78, 5) is 10.3. The first-order valence-electron chi connectivity index (χ1n) is 7.03. The third-order valence-electron chi connectivity index (χ3n) is 3.30. The van der Waals surface area contributed by atoms with Crippen LogP contribution in [0.4, 0.5) is 5.69 Å². The molecular weight excluding hydrogens is 344 g/mol. The number of phenols is 1. The van der Waals surface area contributed by atoms with Gasteiger partial charge >= 0.3 is 0 Å². The summed E-state index contributed by atoms with van der Waals surface area (Å²) >= 11 is 0. The smallest absolute Gasteiger partial charge is 0.295 e. The number of phenolic OH excluding ortho intramolecular Hbond substituents is 1. The number of hydrogen-bond donors (Lipinski definition) is 4. The van der Waals surface area contributed by atoms with Crippen molar-refractivity contribution in [2.45, 2.75) is 4.90 Å². The van der Waals surface area contributed by atoms with Gasteiger partial charge in [-0.25, -0.2) is 0 Å². The van der Waals surface area contributed by atoms with Gasteiger partial charge < -0.3 is 16.6 Å². The van der Waals surface area contributed by atoms with Gasteiger partial charge in [0.25, 0.3) is 10.1 Å². The van der Waals surface area contributed by atoms with Crippen molar-refractivity contribution in [3.63, 3.8) is 0 Å². The fourth-order valence-electron chi connectivity index (χ4n) is 2.11. The molecule has 0 unspecified atom stereocenters. The molecule has 6 N–H and O–H groups in total. The van der Waals surface area contributed by atoms with Gasteiger partial charge in [-0.1, -0.05) is 12.1 Å². The molecule has 0 saturated heterocycles. The molecule has 3 aromatic rings. The molecule has 0 bridgehead atoms. The Bertz CT molecular complexity index is 1010. The van der Waals surface area contributed by atoms with Crippen LogP contribution >= 0.6 is 0 Å². The van der Waals surface area contributed by atoms with Crippen molar-refractivity contribution in [3.05, 3.63) is 66.2 Å². The number of carbonyl (C=O) groups is 1. The molecule has 3 rings (SSSR count). The van der Waals surface area contributed by atoms with Crippen LogP contribution in [-0.4, -0.2) is 24.0 Å². The molecule has 0 aromatic heterocycles. The molecule has 7 nitrogen and oxygen atoms in total. The Morgan fingerprint density at radius 2 is 1.60 bits per heavy atom. The first-order valence-corrected chi connectivity index (χ1v) is 8.47. The van der Waals surface area contributed by atoms with E-state index >= 15 is 0 Å². The van der Waals surface area contributed by atoms with E-state index in [0.29, 0.717) is 22.0 Å². The summed E-state index contributed by atoms with van der Waals surface area (Å²) in [7, 11) is -4.22. The number of amides is 1. The van der Waals surface area contributed by atoms with Crippen LogP contribution in [0.25, 0.3) is 10.8 Å². The molecule has 8 heteroatoms. The maximum atomic E-state index is 11.0. The molecule has 0 fully saturated rings. The van der Waals surface area contributed by atoms with Gasteiger partial charge in [-0.2, -0.15) is 8.42 Å². The molecule has 1 amide bonds. The number of benzene rings is 3. The Kier molecular flexibility index (Phi) is 5.26. The highest BCUT2D eigenvalue weighted by Gasteiger charge is 2.13. The summed E-state index contributed by atoms with van der Waals surface area (Å²) in [5.74, 6) is -0.380. The topological polar surface area (TPSA) is 144 Å². The number of hydrogen-bond acceptors (Lipinski definition) is 5. The molecule has 25 heavy (non-hydrogen) atoms. The molecule has 0 aliphatic heterocycles. The van der Waals surface area contributed by atoms with E-state index in [4.69, 9.17) is 16.0 Å². The zero-order valence-electron chi connectivity index (χ0n) is 13.0. The normalized spacial score (nSPS) is 10.8. The summed E-state index contributed by atoms with van der Waals surface area (Å²) in [6.07, 6.45) is 0. The van der Waals surface area contributed by atoms with E-state index in [2.05, 4.69) is 0 Å². The largest absolute Gasteiger partial charge is 0.508 e. The maximum Gasteiger partial charge on any atom is 0.295 e. The lowest BCUT2D eigenvalue weighted by molar-refractivity contribution is 0.100. The maximum absolute atomic E-state index is 11.0. The molecule has 0 atom stereocenters. The van der Waals surface area contributed by atoms with Gasteiger partial charge in [0.15, 0.2) is 0 Å². The van der Waals surface area contributed by atoms with Gasteiger partial charge in [0.2, 0.25) is 5.91 Å². The van der Waals surface area contributed by atoms with E-state index < -0.39 is 16.0 Å². The van der Waals surface area contributed by atoms with E-state index in [1.165, 1.54) is 30.3 Å². The van der Waals surface area contributed by atoms with Crippen molar-refractivity contribution in [2.75, 3.05) is 5.73 Å². The molecule has 0 aliphatic carbocycles. The average molecular weight is 360 g/mol. The van der Waals surface area contributed by atoms with Crippen molar-refractivity contribution in [3.8, 4) is 5.75 Å². The SMILES string of the molecule is NC(=O)c1ccc(N)cc1.O=S(=O)(O)c1cccc2cc(O)ccc12. The number of rotatable bonds is 2. The third-order valence-corrected chi connectivity index (χ3v) is 4.21. The van der Waals surface area contributed by atoms with Crippen LogP contribution in [0.3, 0.4) is 0 Å². The van der Waals surface area contributed by atoms with Crippen molar-refractivity contribution in [1.82, 2.24) is 0 Å². The van der Waals surface area contributed by atoms with Crippen LogP contribution in [0.2, 0.25) is 0 Å². The second-order valence-electron chi connectivity index (χ2n) is 5.12. The zero-order chi connectivity index (χ0) is 18.6. The minimum absolute atomic E-state index is 0.0509. The Labute approximate surface area is 144 Å². The average Bonchev–Trinajstić information content (AvgIpc) is 2.54. The number of nitrogens with two attached hydrogens (primary N) is 2. The predicted octanol–water partition coefficient (Wildman–Crippen LogP) is 2.16. The summed E-state index contributed by atoms with van der Waals surface area (Å²) in [6, 6.07) is 15.2. The molecule has 3 aromatic carbocycles. The van der Waals surface area contributed by atoms with Crippen molar-refractivity contribution >= 4 is 32.5 Å². The van der Waals surface area contributed by atoms with Gasteiger partial charge in [0.05, 0.1) is 0 Å². The van der Waals surface area contributed by atoms with Crippen LogP contribution in [0.15, 0.2) is 65.6 Å². The number of aromatic hydroxyl groups is 1. The summed E-state index contributed by atoms with van der Waals surface area (Å²) in [5, 5.41) is 10.2. The molecule has 0 spiro atoms. The number of primary amides is 1. The standard InChI is InChI=1S/C10H8O4S.C7H8N2O/c11-8-4-5-9-7(6-8)2-1-3-10(9)15(12,13)14;8-6-3-1-5(2-4-6)7(9)10/h1-6,11H,(H,12,13,14);1-4H,8H2,(H2,9,10). The zero-order valence-corrected chi connectivity index (χ0v) is 13.8. The second-order valence-corrected chi connectivity index (χ2v) is 6.51. The summed E-state index contributed by atoms with van der Waals surface area (Å²) in [5.41, 5.74) is 11.5. The van der Waals surface area contributed by atoms with E-state index in [-0.39, 0.29) is 10.6 Å². The monoisotopic (exact) mass is 360 g/mol. The number of nitrogen functional groups attached to an aromatic ring is 1. The minimum Gasteiger partial charge on any atom is -0.508 e. The lowest BCUT2D eigenvalue weighted by Gasteiger charge is -2.03. The number of carbonyl (C=O) groups excluding carboxylic acids is 1. The van der Waals surface area contributed by atoms with Crippen molar-refractivity contribution in [1.29, 1.82) is 0 Å². The third kappa shape index (κ3) is 4.69. The Hall–Kier alpha value is -3.10. The summed E-state index contributed by atoms with van der Waals surface area (Å²) < 4.78 is 31.0. The molecule has 0 radical (unpaired) electrons. The van der Waals surface area contributed by atoms with Gasteiger partial charge in [-0.15, -0.1) is 0 Å². The Morgan fingerprint density at radius 1 is 0.960 bits per heavy atom.